The van der Waals surface area contributed by atoms with Crippen LogP contribution in [0.5, 0.6) is 0 Å². The van der Waals surface area contributed by atoms with E-state index in [1.807, 2.05) is 19.1 Å². The average molecular weight is 228 g/mol. The van der Waals surface area contributed by atoms with Gasteiger partial charge in [-0.3, -0.25) is 0 Å². The lowest BCUT2D eigenvalue weighted by molar-refractivity contribution is 0.210. The minimum absolute atomic E-state index is 0.00668. The molecule has 15 heavy (non-hydrogen) atoms. The van der Waals surface area contributed by atoms with Crippen LogP contribution in [0.3, 0.4) is 0 Å². The fourth-order valence-corrected chi connectivity index (χ4v) is 2.64. The smallest absolute Gasteiger partial charge is 0.129 e. The van der Waals surface area contributed by atoms with Gasteiger partial charge in [-0.1, -0.05) is 24.6 Å². The Balaban J connectivity index is 2.37. The summed E-state index contributed by atoms with van der Waals surface area (Å²) >= 11 is 5.82. The van der Waals surface area contributed by atoms with Crippen molar-refractivity contribution in [3.8, 4) is 0 Å². The average Bonchev–Trinajstić information content (AvgIpc) is 2.84. The van der Waals surface area contributed by atoms with Gasteiger partial charge < -0.3 is 10.2 Å². The molecule has 2 rings (SSSR count). The minimum Gasteiger partial charge on any atom is -0.396 e. The molecule has 0 saturated heterocycles. The van der Waals surface area contributed by atoms with E-state index in [9.17, 15) is 10.2 Å². The van der Waals surface area contributed by atoms with E-state index in [0.717, 1.165) is 5.69 Å². The highest BCUT2D eigenvalue weighted by atomic mass is 35.5. The number of hydrogen-bond donors (Lipinski definition) is 2. The zero-order valence-electron chi connectivity index (χ0n) is 8.52. The lowest BCUT2D eigenvalue weighted by Gasteiger charge is -2.13. The van der Waals surface area contributed by atoms with Gasteiger partial charge in [0.15, 0.2) is 0 Å². The van der Waals surface area contributed by atoms with Crippen molar-refractivity contribution in [2.75, 3.05) is 13.2 Å². The first-order valence-electron chi connectivity index (χ1n) is 5.01. The molecular weight excluding hydrogens is 214 g/mol. The maximum atomic E-state index is 9.48. The fourth-order valence-electron chi connectivity index (χ4n) is 2.48. The van der Waals surface area contributed by atoms with E-state index in [1.165, 1.54) is 0 Å². The molecule has 1 fully saturated rings. The van der Waals surface area contributed by atoms with Crippen LogP contribution in [0.4, 0.5) is 0 Å². The van der Waals surface area contributed by atoms with Crippen molar-refractivity contribution in [1.82, 2.24) is 4.98 Å². The normalized spacial score (nSPS) is 34.1. The molecular formula is C11H14ClNO2. The van der Waals surface area contributed by atoms with Crippen molar-refractivity contribution in [3.05, 3.63) is 29.0 Å². The van der Waals surface area contributed by atoms with Crippen molar-refractivity contribution >= 4 is 11.6 Å². The topological polar surface area (TPSA) is 53.4 Å². The Hall–Kier alpha value is -0.640. The van der Waals surface area contributed by atoms with Crippen molar-refractivity contribution in [1.29, 1.82) is 0 Å². The molecule has 3 atom stereocenters. The van der Waals surface area contributed by atoms with E-state index in [0.29, 0.717) is 5.15 Å². The number of aliphatic hydroxyl groups is 2. The molecule has 0 amide bonds. The van der Waals surface area contributed by atoms with E-state index in [2.05, 4.69) is 4.98 Å². The summed E-state index contributed by atoms with van der Waals surface area (Å²) in [5, 5.41) is 19.1. The second-order valence-electron chi connectivity index (χ2n) is 4.12. The number of aromatic nitrogens is 1. The Bertz CT molecular complexity index is 371. The molecule has 1 aliphatic rings. The van der Waals surface area contributed by atoms with E-state index < -0.39 is 0 Å². The SMILES string of the molecule is C[C@@H]1[C@H](CO)[C@@]1(CO)c1cccc(Cl)n1. The number of halogens is 1. The van der Waals surface area contributed by atoms with Crippen LogP contribution in [-0.4, -0.2) is 28.4 Å². The first kappa shape index (κ1) is 10.9. The van der Waals surface area contributed by atoms with Gasteiger partial charge in [-0.15, -0.1) is 0 Å². The lowest BCUT2D eigenvalue weighted by atomic mass is 9.98. The summed E-state index contributed by atoms with van der Waals surface area (Å²) in [6.45, 7) is 2.10. The summed E-state index contributed by atoms with van der Waals surface area (Å²) in [6, 6.07) is 5.38. The first-order chi connectivity index (χ1) is 7.16. The third kappa shape index (κ3) is 1.46. The molecule has 1 aromatic heterocycles. The summed E-state index contributed by atoms with van der Waals surface area (Å²) in [6.07, 6.45) is 0. The lowest BCUT2D eigenvalue weighted by Crippen LogP contribution is -2.19. The zero-order chi connectivity index (χ0) is 11.1. The molecule has 1 saturated carbocycles. The van der Waals surface area contributed by atoms with E-state index in [-0.39, 0.29) is 30.5 Å². The molecule has 0 aliphatic heterocycles. The van der Waals surface area contributed by atoms with Gasteiger partial charge >= 0.3 is 0 Å². The molecule has 2 N–H and O–H groups in total. The molecule has 0 unspecified atom stereocenters. The van der Waals surface area contributed by atoms with Crippen molar-refractivity contribution in [2.24, 2.45) is 11.8 Å². The van der Waals surface area contributed by atoms with Crippen LogP contribution >= 0.6 is 11.6 Å². The maximum absolute atomic E-state index is 9.48. The van der Waals surface area contributed by atoms with Gasteiger partial charge in [0, 0.05) is 12.0 Å². The Morgan fingerprint density at radius 1 is 1.47 bits per heavy atom. The largest absolute Gasteiger partial charge is 0.396 e. The standard InChI is InChI=1S/C11H14ClNO2/c1-7-8(5-14)11(7,6-15)9-3-2-4-10(12)13-9/h2-4,7-8,14-15H,5-6H2,1H3/t7-,8+,11+/m1/s1. The predicted octanol–water partition coefficient (Wildman–Crippen LogP) is 1.22. The van der Waals surface area contributed by atoms with Crippen molar-refractivity contribution in [2.45, 2.75) is 12.3 Å². The molecule has 1 aromatic rings. The van der Waals surface area contributed by atoms with Crippen LogP contribution in [-0.2, 0) is 5.41 Å². The number of hydrogen-bond acceptors (Lipinski definition) is 3. The zero-order valence-corrected chi connectivity index (χ0v) is 9.28. The Kier molecular flexibility index (Phi) is 2.71. The van der Waals surface area contributed by atoms with Crippen LogP contribution in [0.1, 0.15) is 12.6 Å². The van der Waals surface area contributed by atoms with Gasteiger partial charge in [-0.25, -0.2) is 4.98 Å². The molecule has 0 aromatic carbocycles. The fraction of sp³-hybridized carbons (Fsp3) is 0.545. The number of rotatable bonds is 3. The molecule has 0 spiro atoms. The molecule has 0 radical (unpaired) electrons. The second-order valence-corrected chi connectivity index (χ2v) is 4.51. The highest BCUT2D eigenvalue weighted by molar-refractivity contribution is 6.29. The van der Waals surface area contributed by atoms with Crippen LogP contribution < -0.4 is 0 Å². The highest BCUT2D eigenvalue weighted by Crippen LogP contribution is 2.58. The summed E-state index contributed by atoms with van der Waals surface area (Å²) in [4.78, 5) is 4.22. The van der Waals surface area contributed by atoms with Crippen LogP contribution in [0.2, 0.25) is 5.15 Å². The minimum atomic E-state index is -0.389. The van der Waals surface area contributed by atoms with Gasteiger partial charge in [0.2, 0.25) is 0 Å². The van der Waals surface area contributed by atoms with Crippen LogP contribution in [0.15, 0.2) is 18.2 Å². The molecule has 3 nitrogen and oxygen atoms in total. The third-order valence-electron chi connectivity index (χ3n) is 3.62. The molecule has 1 heterocycles. The Morgan fingerprint density at radius 3 is 2.67 bits per heavy atom. The number of aliphatic hydroxyl groups excluding tert-OH is 2. The number of pyridine rings is 1. The Morgan fingerprint density at radius 2 is 2.20 bits per heavy atom. The van der Waals surface area contributed by atoms with Gasteiger partial charge in [-0.2, -0.15) is 0 Å². The van der Waals surface area contributed by atoms with Crippen LogP contribution in [0, 0.1) is 11.8 Å². The van der Waals surface area contributed by atoms with E-state index >= 15 is 0 Å². The van der Waals surface area contributed by atoms with Crippen LogP contribution in [0.25, 0.3) is 0 Å². The van der Waals surface area contributed by atoms with Crippen molar-refractivity contribution < 1.29 is 10.2 Å². The Labute approximate surface area is 93.7 Å². The summed E-state index contributed by atoms with van der Waals surface area (Å²) in [7, 11) is 0. The third-order valence-corrected chi connectivity index (χ3v) is 3.83. The number of nitrogens with zero attached hydrogens (tertiary/aromatic N) is 1. The molecule has 4 heteroatoms. The van der Waals surface area contributed by atoms with Crippen molar-refractivity contribution in [3.63, 3.8) is 0 Å². The van der Waals surface area contributed by atoms with Gasteiger partial charge in [0.1, 0.15) is 5.15 Å². The molecule has 1 aliphatic carbocycles. The quantitative estimate of drug-likeness (QED) is 0.764. The maximum Gasteiger partial charge on any atom is 0.129 e. The summed E-state index contributed by atoms with van der Waals surface area (Å²) < 4.78 is 0. The molecule has 82 valence electrons. The highest BCUT2D eigenvalue weighted by Gasteiger charge is 2.63. The molecule has 0 bridgehead atoms. The monoisotopic (exact) mass is 227 g/mol. The van der Waals surface area contributed by atoms with E-state index in [4.69, 9.17) is 11.6 Å². The first-order valence-corrected chi connectivity index (χ1v) is 5.39. The van der Waals surface area contributed by atoms with Gasteiger partial charge in [0.25, 0.3) is 0 Å². The summed E-state index contributed by atoms with van der Waals surface area (Å²) in [5.74, 6) is 0.340. The second kappa shape index (κ2) is 3.74. The van der Waals surface area contributed by atoms with E-state index in [1.54, 1.807) is 6.07 Å². The predicted molar refractivity (Wildman–Crippen MR) is 57.8 cm³/mol. The van der Waals surface area contributed by atoms with Gasteiger partial charge in [0.05, 0.1) is 12.3 Å². The van der Waals surface area contributed by atoms with Gasteiger partial charge in [-0.05, 0) is 24.0 Å². The summed E-state index contributed by atoms with van der Waals surface area (Å²) in [5.41, 5.74) is 0.392.